The number of non-ortho nitro benzene ring substituents is 1. The molecule has 2 aromatic carbocycles. The molecule has 8 heteroatoms. The Kier molecular flexibility index (Phi) is 5.21. The summed E-state index contributed by atoms with van der Waals surface area (Å²) < 4.78 is 0. The lowest BCUT2D eigenvalue weighted by Gasteiger charge is -2.26. The Morgan fingerprint density at radius 2 is 1.71 bits per heavy atom. The van der Waals surface area contributed by atoms with Crippen molar-refractivity contribution in [3.05, 3.63) is 75.3 Å². The standard InChI is InChI=1S/C20H19N3O5/c1-13(14-6-5-7-15(12-14)23(27)28)21(2)18(24)10-11-22-19(25)16-8-3-4-9-17(16)20(22)26/h3-9,12-13H,10-11H2,1-2H3/t13-/m1/s1. The van der Waals surface area contributed by atoms with E-state index >= 15 is 0 Å². The molecule has 0 saturated heterocycles. The van der Waals surface area contributed by atoms with Crippen LogP contribution in [0.1, 0.15) is 45.7 Å². The first-order valence-electron chi connectivity index (χ1n) is 8.76. The highest BCUT2D eigenvalue weighted by molar-refractivity contribution is 6.21. The summed E-state index contributed by atoms with van der Waals surface area (Å²) in [7, 11) is 1.59. The maximum absolute atomic E-state index is 12.6. The summed E-state index contributed by atoms with van der Waals surface area (Å²) >= 11 is 0. The topological polar surface area (TPSA) is 101 Å². The molecule has 0 saturated carbocycles. The van der Waals surface area contributed by atoms with Crippen molar-refractivity contribution in [2.24, 2.45) is 0 Å². The van der Waals surface area contributed by atoms with Crippen LogP contribution in [0.15, 0.2) is 48.5 Å². The number of nitro groups is 1. The number of fused-ring (bicyclic) bond motifs is 1. The van der Waals surface area contributed by atoms with Crippen LogP contribution < -0.4 is 0 Å². The molecule has 8 nitrogen and oxygen atoms in total. The van der Waals surface area contributed by atoms with E-state index in [-0.39, 0.29) is 24.6 Å². The average molecular weight is 381 g/mol. The van der Waals surface area contributed by atoms with Gasteiger partial charge < -0.3 is 4.90 Å². The predicted octanol–water partition coefficient (Wildman–Crippen LogP) is 2.80. The molecule has 0 N–H and O–H groups in total. The molecule has 0 spiro atoms. The number of nitro benzene ring substituents is 1. The second-order valence-electron chi connectivity index (χ2n) is 6.59. The average Bonchev–Trinajstić information content (AvgIpc) is 2.95. The van der Waals surface area contributed by atoms with Crippen LogP contribution in [0.3, 0.4) is 0 Å². The molecule has 2 aromatic rings. The molecule has 0 fully saturated rings. The van der Waals surface area contributed by atoms with Crippen molar-refractivity contribution in [1.82, 2.24) is 9.80 Å². The van der Waals surface area contributed by atoms with E-state index in [0.29, 0.717) is 16.7 Å². The summed E-state index contributed by atoms with van der Waals surface area (Å²) in [4.78, 5) is 50.3. The van der Waals surface area contributed by atoms with Gasteiger partial charge in [0.05, 0.1) is 22.1 Å². The fourth-order valence-corrected chi connectivity index (χ4v) is 3.16. The van der Waals surface area contributed by atoms with E-state index in [0.717, 1.165) is 4.90 Å². The van der Waals surface area contributed by atoms with Gasteiger partial charge in [0, 0.05) is 32.1 Å². The van der Waals surface area contributed by atoms with Gasteiger partial charge in [-0.15, -0.1) is 0 Å². The summed E-state index contributed by atoms with van der Waals surface area (Å²) in [5, 5.41) is 10.9. The predicted molar refractivity (Wildman–Crippen MR) is 101 cm³/mol. The second kappa shape index (κ2) is 7.59. The molecule has 0 radical (unpaired) electrons. The second-order valence-corrected chi connectivity index (χ2v) is 6.59. The van der Waals surface area contributed by atoms with E-state index in [2.05, 4.69) is 0 Å². The van der Waals surface area contributed by atoms with E-state index in [4.69, 9.17) is 0 Å². The molecule has 1 aliphatic heterocycles. The van der Waals surface area contributed by atoms with E-state index in [1.165, 1.54) is 17.0 Å². The van der Waals surface area contributed by atoms with Gasteiger partial charge in [-0.2, -0.15) is 0 Å². The minimum absolute atomic E-state index is 0.0167. The Morgan fingerprint density at radius 3 is 2.29 bits per heavy atom. The maximum atomic E-state index is 12.6. The summed E-state index contributed by atoms with van der Waals surface area (Å²) in [6, 6.07) is 12.3. The van der Waals surface area contributed by atoms with Gasteiger partial charge in [0.15, 0.2) is 0 Å². The quantitative estimate of drug-likeness (QED) is 0.435. The molecule has 3 rings (SSSR count). The number of hydrogen-bond donors (Lipinski definition) is 0. The first-order valence-corrected chi connectivity index (χ1v) is 8.76. The Labute approximate surface area is 161 Å². The molecule has 1 aliphatic rings. The van der Waals surface area contributed by atoms with Crippen LogP contribution in [0.25, 0.3) is 0 Å². The number of benzene rings is 2. The van der Waals surface area contributed by atoms with Crippen LogP contribution in [0, 0.1) is 10.1 Å². The van der Waals surface area contributed by atoms with Crippen molar-refractivity contribution in [2.75, 3.05) is 13.6 Å². The largest absolute Gasteiger partial charge is 0.339 e. The zero-order chi connectivity index (χ0) is 20.4. The molecule has 0 unspecified atom stereocenters. The number of nitrogens with zero attached hydrogens (tertiary/aromatic N) is 3. The van der Waals surface area contributed by atoms with Crippen LogP contribution in [-0.2, 0) is 4.79 Å². The molecule has 28 heavy (non-hydrogen) atoms. The molecule has 0 bridgehead atoms. The minimum Gasteiger partial charge on any atom is -0.339 e. The van der Waals surface area contributed by atoms with Gasteiger partial charge in [0.25, 0.3) is 17.5 Å². The zero-order valence-electron chi connectivity index (χ0n) is 15.5. The van der Waals surface area contributed by atoms with Crippen molar-refractivity contribution < 1.29 is 19.3 Å². The van der Waals surface area contributed by atoms with Gasteiger partial charge in [-0.3, -0.25) is 29.4 Å². The molecule has 3 amide bonds. The zero-order valence-corrected chi connectivity index (χ0v) is 15.5. The summed E-state index contributed by atoms with van der Waals surface area (Å²) in [6.07, 6.45) is -0.0266. The number of carbonyl (C=O) groups is 3. The Hall–Kier alpha value is -3.55. The SMILES string of the molecule is C[C@H](c1cccc([N+](=O)[O-])c1)N(C)C(=O)CCN1C(=O)c2ccccc2C1=O. The van der Waals surface area contributed by atoms with Crippen molar-refractivity contribution in [3.63, 3.8) is 0 Å². The van der Waals surface area contributed by atoms with E-state index in [9.17, 15) is 24.5 Å². The number of hydrogen-bond acceptors (Lipinski definition) is 5. The molecular weight excluding hydrogens is 362 g/mol. The normalized spacial score (nSPS) is 14.0. The Morgan fingerprint density at radius 1 is 1.11 bits per heavy atom. The lowest BCUT2D eigenvalue weighted by atomic mass is 10.1. The monoisotopic (exact) mass is 381 g/mol. The van der Waals surface area contributed by atoms with Crippen molar-refractivity contribution in [2.45, 2.75) is 19.4 Å². The van der Waals surface area contributed by atoms with Crippen LogP contribution in [0.5, 0.6) is 0 Å². The highest BCUT2D eigenvalue weighted by atomic mass is 16.6. The maximum Gasteiger partial charge on any atom is 0.269 e. The first-order chi connectivity index (χ1) is 13.3. The number of carbonyl (C=O) groups excluding carboxylic acids is 3. The van der Waals surface area contributed by atoms with Gasteiger partial charge in [-0.1, -0.05) is 24.3 Å². The van der Waals surface area contributed by atoms with Gasteiger partial charge in [0.1, 0.15) is 0 Å². The molecule has 0 aliphatic carbocycles. The molecule has 144 valence electrons. The van der Waals surface area contributed by atoms with Crippen molar-refractivity contribution in [1.29, 1.82) is 0 Å². The highest BCUT2D eigenvalue weighted by Crippen LogP contribution is 2.25. The number of rotatable bonds is 6. The summed E-state index contributed by atoms with van der Waals surface area (Å²) in [6.45, 7) is 1.75. The van der Waals surface area contributed by atoms with Crippen molar-refractivity contribution >= 4 is 23.4 Å². The highest BCUT2D eigenvalue weighted by Gasteiger charge is 2.35. The van der Waals surface area contributed by atoms with Gasteiger partial charge in [-0.25, -0.2) is 0 Å². The number of amides is 3. The third-order valence-corrected chi connectivity index (χ3v) is 4.97. The third-order valence-electron chi connectivity index (χ3n) is 4.97. The summed E-state index contributed by atoms with van der Waals surface area (Å²) in [5.41, 5.74) is 1.28. The number of imide groups is 1. The minimum atomic E-state index is -0.486. The third kappa shape index (κ3) is 3.48. The molecule has 1 heterocycles. The Balaban J connectivity index is 1.65. The van der Waals surface area contributed by atoms with Gasteiger partial charge in [-0.05, 0) is 24.6 Å². The fourth-order valence-electron chi connectivity index (χ4n) is 3.16. The van der Waals surface area contributed by atoms with Crippen LogP contribution in [-0.4, -0.2) is 46.0 Å². The smallest absolute Gasteiger partial charge is 0.269 e. The molecular formula is C20H19N3O5. The molecule has 1 atom stereocenters. The van der Waals surface area contributed by atoms with E-state index < -0.39 is 22.8 Å². The van der Waals surface area contributed by atoms with Crippen molar-refractivity contribution in [3.8, 4) is 0 Å². The van der Waals surface area contributed by atoms with Gasteiger partial charge >= 0.3 is 0 Å². The van der Waals surface area contributed by atoms with Crippen LogP contribution in [0.4, 0.5) is 5.69 Å². The summed E-state index contributed by atoms with van der Waals surface area (Å²) in [5.74, 6) is -1.07. The van der Waals surface area contributed by atoms with Crippen LogP contribution >= 0.6 is 0 Å². The van der Waals surface area contributed by atoms with E-state index in [1.54, 1.807) is 50.4 Å². The molecule has 0 aromatic heterocycles. The Bertz CT molecular complexity index is 937. The van der Waals surface area contributed by atoms with Crippen LogP contribution in [0.2, 0.25) is 0 Å². The van der Waals surface area contributed by atoms with Gasteiger partial charge in [0.2, 0.25) is 5.91 Å². The fraction of sp³-hybridized carbons (Fsp3) is 0.250. The lowest BCUT2D eigenvalue weighted by molar-refractivity contribution is -0.384. The first kappa shape index (κ1) is 19.2. The lowest BCUT2D eigenvalue weighted by Crippen LogP contribution is -2.36. The van der Waals surface area contributed by atoms with E-state index in [1.807, 2.05) is 0 Å².